The quantitative estimate of drug-likeness (QED) is 0.886. The maximum atomic E-state index is 12.3. The Balaban J connectivity index is 1.89. The van der Waals surface area contributed by atoms with Crippen LogP contribution in [0, 0.1) is 6.92 Å². The third-order valence-corrected chi connectivity index (χ3v) is 4.77. The Kier molecular flexibility index (Phi) is 5.76. The van der Waals surface area contributed by atoms with Crippen molar-refractivity contribution >= 4 is 23.2 Å². The van der Waals surface area contributed by atoms with E-state index in [-0.39, 0.29) is 31.0 Å². The highest BCUT2D eigenvalue weighted by Crippen LogP contribution is 2.17. The van der Waals surface area contributed by atoms with Gasteiger partial charge in [0.15, 0.2) is 0 Å². The van der Waals surface area contributed by atoms with E-state index in [1.165, 1.54) is 11.3 Å². The van der Waals surface area contributed by atoms with Crippen molar-refractivity contribution < 1.29 is 14.7 Å². The molecular formula is C15H22N2O3S. The Morgan fingerprint density at radius 2 is 2.19 bits per heavy atom. The van der Waals surface area contributed by atoms with Crippen LogP contribution in [0.15, 0.2) is 12.1 Å². The Bertz CT molecular complexity index is 501. The molecule has 0 radical (unpaired) electrons. The first kappa shape index (κ1) is 16.0. The van der Waals surface area contributed by atoms with Crippen molar-refractivity contribution in [3.63, 3.8) is 0 Å². The van der Waals surface area contributed by atoms with Crippen molar-refractivity contribution in [3.8, 4) is 0 Å². The summed E-state index contributed by atoms with van der Waals surface area (Å²) in [6.45, 7) is 2.59. The van der Waals surface area contributed by atoms with Crippen LogP contribution in [0.25, 0.3) is 0 Å². The van der Waals surface area contributed by atoms with Gasteiger partial charge in [0.05, 0.1) is 24.1 Å². The normalized spacial score (nSPS) is 19.1. The van der Waals surface area contributed by atoms with Gasteiger partial charge >= 0.3 is 0 Å². The average molecular weight is 310 g/mol. The summed E-state index contributed by atoms with van der Waals surface area (Å²) >= 11 is 1.41. The number of amides is 2. The highest BCUT2D eigenvalue weighted by molar-refractivity contribution is 7.13. The second-order valence-electron chi connectivity index (χ2n) is 5.37. The number of aliphatic hydroxyl groups is 1. The monoisotopic (exact) mass is 310 g/mol. The molecule has 6 heteroatoms. The third-order valence-electron chi connectivity index (χ3n) is 3.77. The molecule has 21 heavy (non-hydrogen) atoms. The van der Waals surface area contributed by atoms with E-state index in [2.05, 4.69) is 5.32 Å². The van der Waals surface area contributed by atoms with E-state index in [4.69, 9.17) is 0 Å². The van der Waals surface area contributed by atoms with Gasteiger partial charge in [-0.3, -0.25) is 9.59 Å². The largest absolute Gasteiger partial charge is 0.394 e. The molecule has 0 saturated carbocycles. The van der Waals surface area contributed by atoms with Gasteiger partial charge < -0.3 is 15.3 Å². The first-order chi connectivity index (χ1) is 10.1. The Hall–Kier alpha value is -1.40. The predicted octanol–water partition coefficient (Wildman–Crippen LogP) is 1.55. The van der Waals surface area contributed by atoms with Gasteiger partial charge in [0.1, 0.15) is 0 Å². The first-order valence-corrected chi connectivity index (χ1v) is 8.18. The zero-order chi connectivity index (χ0) is 15.2. The first-order valence-electron chi connectivity index (χ1n) is 7.37. The standard InChI is InChI=1S/C15H22N2O3S/c1-11-6-7-13(21-11)15(20)16-9-14(19)17-8-4-2-3-5-12(17)10-18/h6-7,12,18H,2-5,8-10H2,1H3,(H,16,20). The van der Waals surface area contributed by atoms with E-state index in [0.29, 0.717) is 11.4 Å². The van der Waals surface area contributed by atoms with Crippen molar-refractivity contribution in [1.82, 2.24) is 10.2 Å². The number of rotatable bonds is 4. The number of nitrogens with zero attached hydrogens (tertiary/aromatic N) is 1. The second kappa shape index (κ2) is 7.56. The molecule has 0 aromatic carbocycles. The number of hydrogen-bond donors (Lipinski definition) is 2. The molecule has 1 aliphatic rings. The summed E-state index contributed by atoms with van der Waals surface area (Å²) in [6.07, 6.45) is 3.91. The summed E-state index contributed by atoms with van der Waals surface area (Å²) in [4.78, 5) is 27.6. The summed E-state index contributed by atoms with van der Waals surface area (Å²) in [6, 6.07) is 3.54. The average Bonchev–Trinajstić information content (AvgIpc) is 2.77. The number of thiophene rings is 1. The van der Waals surface area contributed by atoms with Crippen LogP contribution in [-0.2, 0) is 4.79 Å². The minimum atomic E-state index is -0.211. The van der Waals surface area contributed by atoms with Gasteiger partial charge in [0, 0.05) is 11.4 Å². The van der Waals surface area contributed by atoms with E-state index >= 15 is 0 Å². The summed E-state index contributed by atoms with van der Waals surface area (Å²) < 4.78 is 0. The minimum absolute atomic E-state index is 0.00766. The van der Waals surface area contributed by atoms with E-state index < -0.39 is 0 Å². The highest BCUT2D eigenvalue weighted by atomic mass is 32.1. The van der Waals surface area contributed by atoms with Crippen molar-refractivity contribution in [3.05, 3.63) is 21.9 Å². The van der Waals surface area contributed by atoms with Crippen LogP contribution in [0.4, 0.5) is 0 Å². The Morgan fingerprint density at radius 1 is 1.38 bits per heavy atom. The summed E-state index contributed by atoms with van der Waals surface area (Å²) in [7, 11) is 0. The van der Waals surface area contributed by atoms with Gasteiger partial charge in [-0.1, -0.05) is 12.8 Å². The second-order valence-corrected chi connectivity index (χ2v) is 6.65. The molecule has 1 unspecified atom stereocenters. The zero-order valence-electron chi connectivity index (χ0n) is 12.3. The van der Waals surface area contributed by atoms with Crippen LogP contribution in [0.3, 0.4) is 0 Å². The van der Waals surface area contributed by atoms with Gasteiger partial charge in [0.2, 0.25) is 5.91 Å². The van der Waals surface area contributed by atoms with Gasteiger partial charge in [-0.05, 0) is 31.9 Å². The molecule has 0 aliphatic carbocycles. The number of likely N-dealkylation sites (tertiary alicyclic amines) is 1. The lowest BCUT2D eigenvalue weighted by atomic mass is 10.1. The van der Waals surface area contributed by atoms with Gasteiger partial charge in [-0.15, -0.1) is 11.3 Å². The van der Waals surface area contributed by atoms with Crippen LogP contribution in [0.2, 0.25) is 0 Å². The lowest BCUT2D eigenvalue weighted by molar-refractivity contribution is -0.133. The molecule has 2 rings (SSSR count). The number of nitrogens with one attached hydrogen (secondary N) is 1. The van der Waals surface area contributed by atoms with Crippen molar-refractivity contribution in [1.29, 1.82) is 0 Å². The van der Waals surface area contributed by atoms with Crippen LogP contribution in [0.5, 0.6) is 0 Å². The molecule has 1 fully saturated rings. The number of aryl methyl sites for hydroxylation is 1. The van der Waals surface area contributed by atoms with Crippen LogP contribution in [0.1, 0.15) is 40.2 Å². The number of carbonyl (C=O) groups excluding carboxylic acids is 2. The molecule has 1 saturated heterocycles. The molecule has 1 atom stereocenters. The molecule has 1 aromatic rings. The number of aliphatic hydroxyl groups excluding tert-OH is 1. The van der Waals surface area contributed by atoms with Crippen LogP contribution >= 0.6 is 11.3 Å². The third kappa shape index (κ3) is 4.28. The van der Waals surface area contributed by atoms with Crippen molar-refractivity contribution in [2.45, 2.75) is 38.6 Å². The maximum Gasteiger partial charge on any atom is 0.261 e. The van der Waals surface area contributed by atoms with E-state index in [1.807, 2.05) is 13.0 Å². The minimum Gasteiger partial charge on any atom is -0.394 e. The van der Waals surface area contributed by atoms with Crippen LogP contribution < -0.4 is 5.32 Å². The van der Waals surface area contributed by atoms with Gasteiger partial charge in [-0.25, -0.2) is 0 Å². The van der Waals surface area contributed by atoms with Crippen molar-refractivity contribution in [2.24, 2.45) is 0 Å². The molecule has 1 aromatic heterocycles. The van der Waals surface area contributed by atoms with Crippen molar-refractivity contribution in [2.75, 3.05) is 19.7 Å². The maximum absolute atomic E-state index is 12.3. The lowest BCUT2D eigenvalue weighted by Crippen LogP contribution is -2.46. The molecular weight excluding hydrogens is 288 g/mol. The smallest absolute Gasteiger partial charge is 0.261 e. The summed E-state index contributed by atoms with van der Waals surface area (Å²) in [5.41, 5.74) is 0. The molecule has 0 bridgehead atoms. The predicted molar refractivity (Wildman–Crippen MR) is 82.4 cm³/mol. The fourth-order valence-electron chi connectivity index (χ4n) is 2.60. The van der Waals surface area contributed by atoms with Gasteiger partial charge in [0.25, 0.3) is 5.91 Å². The molecule has 5 nitrogen and oxygen atoms in total. The molecule has 2 amide bonds. The SMILES string of the molecule is Cc1ccc(C(=O)NCC(=O)N2CCCCCC2CO)s1. The highest BCUT2D eigenvalue weighted by Gasteiger charge is 2.25. The fraction of sp³-hybridized carbons (Fsp3) is 0.600. The summed E-state index contributed by atoms with van der Waals surface area (Å²) in [5.74, 6) is -0.325. The Morgan fingerprint density at radius 3 is 2.86 bits per heavy atom. The van der Waals surface area contributed by atoms with Gasteiger partial charge in [-0.2, -0.15) is 0 Å². The molecule has 0 spiro atoms. The molecule has 2 heterocycles. The lowest BCUT2D eigenvalue weighted by Gasteiger charge is -2.28. The molecule has 1 aliphatic heterocycles. The van der Waals surface area contributed by atoms with E-state index in [0.717, 1.165) is 30.6 Å². The number of hydrogen-bond acceptors (Lipinski definition) is 4. The Labute approximate surface area is 129 Å². The van der Waals surface area contributed by atoms with E-state index in [9.17, 15) is 14.7 Å². The summed E-state index contributed by atoms with van der Waals surface area (Å²) in [5, 5.41) is 12.1. The zero-order valence-corrected chi connectivity index (χ0v) is 13.1. The van der Waals surface area contributed by atoms with E-state index in [1.54, 1.807) is 11.0 Å². The topological polar surface area (TPSA) is 69.6 Å². The number of carbonyl (C=O) groups is 2. The molecule has 116 valence electrons. The fourth-order valence-corrected chi connectivity index (χ4v) is 3.38. The molecule has 2 N–H and O–H groups in total. The van der Waals surface area contributed by atoms with Crippen LogP contribution in [-0.4, -0.2) is 47.6 Å².